The van der Waals surface area contributed by atoms with Crippen molar-refractivity contribution in [3.8, 4) is 0 Å². The molecule has 1 aliphatic heterocycles. The smallest absolute Gasteiger partial charge is 0.0164 e. The fraction of sp³-hybridized carbons (Fsp3) is 1.00. The van der Waals surface area contributed by atoms with Crippen LogP contribution in [0.25, 0.3) is 0 Å². The van der Waals surface area contributed by atoms with Gasteiger partial charge in [-0.2, -0.15) is 11.8 Å². The van der Waals surface area contributed by atoms with Crippen molar-refractivity contribution in [2.75, 3.05) is 5.75 Å². The van der Waals surface area contributed by atoms with E-state index in [-0.39, 0.29) is 0 Å². The van der Waals surface area contributed by atoms with E-state index in [1.807, 2.05) is 0 Å². The lowest BCUT2D eigenvalue weighted by Gasteiger charge is -2.32. The van der Waals surface area contributed by atoms with Crippen LogP contribution >= 0.6 is 11.8 Å². The summed E-state index contributed by atoms with van der Waals surface area (Å²) in [5, 5.41) is 1.04. The minimum atomic E-state index is 1.00. The molecule has 0 nitrogen and oxygen atoms in total. The molecule has 13 heavy (non-hydrogen) atoms. The zero-order valence-electron chi connectivity index (χ0n) is 8.96. The number of thioether (sulfide) groups is 1. The normalized spacial score (nSPS) is 39.7. The quantitative estimate of drug-likeness (QED) is 0.603. The van der Waals surface area contributed by atoms with Gasteiger partial charge in [0.1, 0.15) is 0 Å². The highest BCUT2D eigenvalue weighted by Crippen LogP contribution is 2.40. The van der Waals surface area contributed by atoms with Crippen LogP contribution in [0.2, 0.25) is 0 Å². The van der Waals surface area contributed by atoms with Crippen LogP contribution in [-0.2, 0) is 0 Å². The number of hydrogen-bond acceptors (Lipinski definition) is 1. The second-order valence-electron chi connectivity index (χ2n) is 5.22. The molecule has 1 saturated heterocycles. The molecule has 2 rings (SSSR count). The average molecular weight is 198 g/mol. The van der Waals surface area contributed by atoms with E-state index in [9.17, 15) is 0 Å². The molecule has 76 valence electrons. The van der Waals surface area contributed by atoms with Gasteiger partial charge in [0.15, 0.2) is 0 Å². The van der Waals surface area contributed by atoms with Crippen LogP contribution in [0.3, 0.4) is 0 Å². The Morgan fingerprint density at radius 3 is 2.62 bits per heavy atom. The minimum absolute atomic E-state index is 1.00. The molecular formula is C12H22S. The van der Waals surface area contributed by atoms with Crippen molar-refractivity contribution < 1.29 is 0 Å². The predicted molar refractivity (Wildman–Crippen MR) is 61.1 cm³/mol. The zero-order valence-corrected chi connectivity index (χ0v) is 9.78. The van der Waals surface area contributed by atoms with Crippen LogP contribution in [-0.4, -0.2) is 11.0 Å². The lowest BCUT2D eigenvalue weighted by atomic mass is 9.73. The van der Waals surface area contributed by atoms with Crippen molar-refractivity contribution in [1.82, 2.24) is 0 Å². The van der Waals surface area contributed by atoms with Crippen LogP contribution in [0.1, 0.15) is 46.0 Å². The van der Waals surface area contributed by atoms with Crippen LogP contribution in [0, 0.1) is 17.8 Å². The highest BCUT2D eigenvalue weighted by molar-refractivity contribution is 8.06. The predicted octanol–water partition coefficient (Wildman–Crippen LogP) is 3.95. The van der Waals surface area contributed by atoms with Gasteiger partial charge in [0.2, 0.25) is 0 Å². The van der Waals surface area contributed by atoms with E-state index < -0.39 is 0 Å². The van der Waals surface area contributed by atoms with Crippen molar-refractivity contribution in [2.45, 2.75) is 51.2 Å². The first kappa shape index (κ1) is 9.89. The highest BCUT2D eigenvalue weighted by atomic mass is 32.2. The molecule has 0 radical (unpaired) electrons. The van der Waals surface area contributed by atoms with Gasteiger partial charge in [0.25, 0.3) is 0 Å². The third-order valence-electron chi connectivity index (χ3n) is 3.74. The Kier molecular flexibility index (Phi) is 3.23. The van der Waals surface area contributed by atoms with E-state index >= 15 is 0 Å². The Bertz CT molecular complexity index is 157. The Balaban J connectivity index is 1.48. The van der Waals surface area contributed by atoms with Gasteiger partial charge in [-0.05, 0) is 37.0 Å². The summed E-state index contributed by atoms with van der Waals surface area (Å²) in [6, 6.07) is 0. The van der Waals surface area contributed by atoms with Crippen LogP contribution in [0.4, 0.5) is 0 Å². The van der Waals surface area contributed by atoms with Crippen molar-refractivity contribution >= 4 is 11.8 Å². The second kappa shape index (κ2) is 4.25. The summed E-state index contributed by atoms with van der Waals surface area (Å²) in [4.78, 5) is 0. The van der Waals surface area contributed by atoms with Crippen LogP contribution in [0.15, 0.2) is 0 Å². The third-order valence-corrected chi connectivity index (χ3v) is 4.92. The van der Waals surface area contributed by atoms with Gasteiger partial charge in [-0.3, -0.25) is 0 Å². The van der Waals surface area contributed by atoms with Gasteiger partial charge in [0, 0.05) is 11.0 Å². The molecule has 2 atom stereocenters. The number of rotatable bonds is 5. The van der Waals surface area contributed by atoms with Gasteiger partial charge < -0.3 is 0 Å². The fourth-order valence-corrected chi connectivity index (χ4v) is 3.51. The Morgan fingerprint density at radius 1 is 1.38 bits per heavy atom. The summed E-state index contributed by atoms with van der Waals surface area (Å²) in [6.45, 7) is 4.83. The van der Waals surface area contributed by atoms with E-state index in [0.717, 1.165) is 23.0 Å². The van der Waals surface area contributed by atoms with Crippen molar-refractivity contribution in [2.24, 2.45) is 17.8 Å². The highest BCUT2D eigenvalue weighted by Gasteiger charge is 2.29. The van der Waals surface area contributed by atoms with Gasteiger partial charge in [-0.15, -0.1) is 0 Å². The fourth-order valence-electron chi connectivity index (χ4n) is 2.60. The van der Waals surface area contributed by atoms with Crippen LogP contribution < -0.4 is 0 Å². The van der Waals surface area contributed by atoms with E-state index in [0.29, 0.717) is 0 Å². The molecular weight excluding hydrogens is 176 g/mol. The van der Waals surface area contributed by atoms with E-state index in [2.05, 4.69) is 25.6 Å². The van der Waals surface area contributed by atoms with E-state index in [1.54, 1.807) is 0 Å². The first-order valence-electron chi connectivity index (χ1n) is 5.87. The summed E-state index contributed by atoms with van der Waals surface area (Å²) in [5.74, 6) is 4.60. The maximum absolute atomic E-state index is 2.44. The van der Waals surface area contributed by atoms with Gasteiger partial charge in [-0.25, -0.2) is 0 Å². The maximum atomic E-state index is 2.44. The minimum Gasteiger partial charge on any atom is -0.156 e. The molecule has 0 amide bonds. The Labute approximate surface area is 86.9 Å². The maximum Gasteiger partial charge on any atom is 0.0164 e. The van der Waals surface area contributed by atoms with Crippen LogP contribution in [0.5, 0.6) is 0 Å². The molecule has 2 aliphatic rings. The molecule has 1 heterocycles. The second-order valence-corrected chi connectivity index (χ2v) is 6.49. The Morgan fingerprint density at radius 2 is 2.08 bits per heavy atom. The SMILES string of the molecule is CC1CC(CCCC(C)C2CS2)C1. The van der Waals surface area contributed by atoms with Crippen molar-refractivity contribution in [3.05, 3.63) is 0 Å². The lowest BCUT2D eigenvalue weighted by Crippen LogP contribution is -2.20. The molecule has 0 spiro atoms. The average Bonchev–Trinajstić information content (AvgIpc) is 2.82. The standard InChI is InChI=1S/C12H22S/c1-9-6-11(7-9)5-3-4-10(2)12-8-13-12/h9-12H,3-8H2,1-2H3. The molecule has 0 N–H and O–H groups in total. The first-order chi connectivity index (χ1) is 6.25. The summed E-state index contributed by atoms with van der Waals surface area (Å²) in [6.07, 6.45) is 7.54. The zero-order chi connectivity index (χ0) is 9.26. The largest absolute Gasteiger partial charge is 0.156 e. The summed E-state index contributed by atoms with van der Waals surface area (Å²) >= 11 is 2.16. The lowest BCUT2D eigenvalue weighted by molar-refractivity contribution is 0.193. The Hall–Kier alpha value is 0.350. The molecule has 0 aromatic rings. The summed E-state index contributed by atoms with van der Waals surface area (Å²) < 4.78 is 0. The number of hydrogen-bond donors (Lipinski definition) is 0. The molecule has 2 unspecified atom stereocenters. The topological polar surface area (TPSA) is 0 Å². The van der Waals surface area contributed by atoms with Gasteiger partial charge in [-0.1, -0.05) is 26.7 Å². The van der Waals surface area contributed by atoms with E-state index in [4.69, 9.17) is 0 Å². The monoisotopic (exact) mass is 198 g/mol. The molecule has 0 aromatic heterocycles. The molecule has 0 aromatic carbocycles. The van der Waals surface area contributed by atoms with Crippen molar-refractivity contribution in [3.63, 3.8) is 0 Å². The van der Waals surface area contributed by atoms with Gasteiger partial charge in [0.05, 0.1) is 0 Å². The molecule has 2 fully saturated rings. The third kappa shape index (κ3) is 2.90. The van der Waals surface area contributed by atoms with Crippen molar-refractivity contribution in [1.29, 1.82) is 0 Å². The summed E-state index contributed by atoms with van der Waals surface area (Å²) in [7, 11) is 0. The molecule has 0 bridgehead atoms. The molecule has 1 saturated carbocycles. The molecule has 1 heteroatoms. The summed E-state index contributed by atoms with van der Waals surface area (Å²) in [5.41, 5.74) is 0. The molecule has 1 aliphatic carbocycles. The van der Waals surface area contributed by atoms with E-state index in [1.165, 1.54) is 37.9 Å². The first-order valence-corrected chi connectivity index (χ1v) is 6.92. The van der Waals surface area contributed by atoms with Gasteiger partial charge >= 0.3 is 0 Å².